The Bertz CT molecular complexity index is 406. The van der Waals surface area contributed by atoms with Gasteiger partial charge in [-0.1, -0.05) is 0 Å². The number of aryl methyl sites for hydroxylation is 1. The Morgan fingerprint density at radius 1 is 1.50 bits per heavy atom. The molecular formula is C13H20N2O3. The van der Waals surface area contributed by atoms with Crippen molar-refractivity contribution >= 4 is 5.97 Å². The molecule has 0 spiro atoms. The summed E-state index contributed by atoms with van der Waals surface area (Å²) in [5.74, 6) is 1.12. The van der Waals surface area contributed by atoms with Crippen molar-refractivity contribution in [3.05, 3.63) is 23.2 Å². The SMILES string of the molecule is COC(=O)c1cc(CN2CCCNCC2)oc1C. The number of nitrogens with one attached hydrogen (secondary N) is 1. The van der Waals surface area contributed by atoms with Crippen molar-refractivity contribution in [1.82, 2.24) is 10.2 Å². The van der Waals surface area contributed by atoms with Crippen molar-refractivity contribution in [2.75, 3.05) is 33.3 Å². The van der Waals surface area contributed by atoms with Crippen molar-refractivity contribution in [2.45, 2.75) is 19.9 Å². The van der Waals surface area contributed by atoms with E-state index in [4.69, 9.17) is 9.15 Å². The van der Waals surface area contributed by atoms with Crippen LogP contribution in [0.1, 0.15) is 28.3 Å². The summed E-state index contributed by atoms with van der Waals surface area (Å²) >= 11 is 0. The fourth-order valence-electron chi connectivity index (χ4n) is 2.21. The lowest BCUT2D eigenvalue weighted by Crippen LogP contribution is -2.27. The number of furan rings is 1. The molecule has 5 heteroatoms. The Morgan fingerprint density at radius 2 is 2.33 bits per heavy atom. The molecule has 1 aliphatic rings. The van der Waals surface area contributed by atoms with Gasteiger partial charge in [0.05, 0.1) is 13.7 Å². The molecule has 0 saturated carbocycles. The molecule has 0 aliphatic carbocycles. The van der Waals surface area contributed by atoms with Gasteiger partial charge in [0.1, 0.15) is 17.1 Å². The molecule has 2 rings (SSSR count). The van der Waals surface area contributed by atoms with Crippen LogP contribution in [0.4, 0.5) is 0 Å². The molecule has 1 aromatic heterocycles. The molecule has 0 amide bonds. The lowest BCUT2D eigenvalue weighted by atomic mass is 10.2. The lowest BCUT2D eigenvalue weighted by molar-refractivity contribution is 0.0599. The summed E-state index contributed by atoms with van der Waals surface area (Å²) in [6.07, 6.45) is 1.14. The molecule has 0 atom stereocenters. The number of hydrogen-bond acceptors (Lipinski definition) is 5. The minimum atomic E-state index is -0.333. The molecule has 1 saturated heterocycles. The van der Waals surface area contributed by atoms with E-state index in [9.17, 15) is 4.79 Å². The van der Waals surface area contributed by atoms with Crippen LogP contribution in [0.5, 0.6) is 0 Å². The van der Waals surface area contributed by atoms with Crippen LogP contribution in [0.2, 0.25) is 0 Å². The molecule has 1 aliphatic heterocycles. The topological polar surface area (TPSA) is 54.7 Å². The Kier molecular flexibility index (Phi) is 4.38. The Balaban J connectivity index is 2.02. The number of nitrogens with zero attached hydrogens (tertiary/aromatic N) is 1. The van der Waals surface area contributed by atoms with E-state index in [1.165, 1.54) is 7.11 Å². The summed E-state index contributed by atoms with van der Waals surface area (Å²) in [5, 5.41) is 3.36. The number of esters is 1. The molecule has 1 aromatic rings. The van der Waals surface area contributed by atoms with Crippen LogP contribution in [0.3, 0.4) is 0 Å². The Labute approximate surface area is 107 Å². The van der Waals surface area contributed by atoms with Gasteiger partial charge < -0.3 is 14.5 Å². The van der Waals surface area contributed by atoms with E-state index in [2.05, 4.69) is 10.2 Å². The van der Waals surface area contributed by atoms with Gasteiger partial charge in [-0.05, 0) is 32.5 Å². The fraction of sp³-hybridized carbons (Fsp3) is 0.615. The summed E-state index contributed by atoms with van der Waals surface area (Å²) in [7, 11) is 1.38. The molecule has 0 aromatic carbocycles. The number of methoxy groups -OCH3 is 1. The standard InChI is InChI=1S/C13H20N2O3/c1-10-12(13(16)17-2)8-11(18-10)9-15-6-3-4-14-5-7-15/h8,14H,3-7,9H2,1-2H3. The molecule has 0 radical (unpaired) electrons. The van der Waals surface area contributed by atoms with Gasteiger partial charge in [-0.25, -0.2) is 4.79 Å². The van der Waals surface area contributed by atoms with Crippen LogP contribution in [-0.4, -0.2) is 44.2 Å². The van der Waals surface area contributed by atoms with Gasteiger partial charge >= 0.3 is 5.97 Å². The van der Waals surface area contributed by atoms with Gasteiger partial charge in [-0.15, -0.1) is 0 Å². The molecule has 0 unspecified atom stereocenters. The summed E-state index contributed by atoms with van der Waals surface area (Å²) in [4.78, 5) is 13.8. The zero-order valence-corrected chi connectivity index (χ0v) is 11.0. The van der Waals surface area contributed by atoms with Crippen LogP contribution >= 0.6 is 0 Å². The normalized spacial score (nSPS) is 17.4. The molecule has 18 heavy (non-hydrogen) atoms. The van der Waals surface area contributed by atoms with Gasteiger partial charge in [-0.3, -0.25) is 4.90 Å². The van der Waals surface area contributed by atoms with Crippen molar-refractivity contribution in [2.24, 2.45) is 0 Å². The summed E-state index contributed by atoms with van der Waals surface area (Å²) in [5.41, 5.74) is 0.528. The fourth-order valence-corrected chi connectivity index (χ4v) is 2.21. The summed E-state index contributed by atoms with van der Waals surface area (Å²) in [6, 6.07) is 1.79. The van der Waals surface area contributed by atoms with E-state index in [-0.39, 0.29) is 5.97 Å². The predicted octanol–water partition coefficient (Wildman–Crippen LogP) is 1.17. The first-order chi connectivity index (χ1) is 8.70. The molecule has 0 bridgehead atoms. The van der Waals surface area contributed by atoms with Crippen LogP contribution < -0.4 is 5.32 Å². The van der Waals surface area contributed by atoms with Crippen molar-refractivity contribution < 1.29 is 13.9 Å². The van der Waals surface area contributed by atoms with Gasteiger partial charge in [0.25, 0.3) is 0 Å². The summed E-state index contributed by atoms with van der Waals surface area (Å²) < 4.78 is 10.3. The first-order valence-electron chi connectivity index (χ1n) is 6.31. The van der Waals surface area contributed by atoms with Gasteiger partial charge in [0.2, 0.25) is 0 Å². The van der Waals surface area contributed by atoms with Crippen molar-refractivity contribution in [3.8, 4) is 0 Å². The highest BCUT2D eigenvalue weighted by Gasteiger charge is 2.17. The minimum absolute atomic E-state index is 0.333. The van der Waals surface area contributed by atoms with Crippen LogP contribution in [0, 0.1) is 6.92 Å². The molecule has 1 N–H and O–H groups in total. The molecular weight excluding hydrogens is 232 g/mol. The Hall–Kier alpha value is -1.33. The van der Waals surface area contributed by atoms with Gasteiger partial charge in [-0.2, -0.15) is 0 Å². The maximum Gasteiger partial charge on any atom is 0.341 e. The van der Waals surface area contributed by atoms with Crippen LogP contribution in [0.15, 0.2) is 10.5 Å². The second-order valence-corrected chi connectivity index (χ2v) is 4.55. The average molecular weight is 252 g/mol. The van der Waals surface area contributed by atoms with E-state index in [0.29, 0.717) is 11.3 Å². The lowest BCUT2D eigenvalue weighted by Gasteiger charge is -2.17. The first-order valence-corrected chi connectivity index (χ1v) is 6.31. The number of carbonyl (C=O) groups excluding carboxylic acids is 1. The van der Waals surface area contributed by atoms with Crippen LogP contribution in [0.25, 0.3) is 0 Å². The van der Waals surface area contributed by atoms with Crippen molar-refractivity contribution in [3.63, 3.8) is 0 Å². The van der Waals surface area contributed by atoms with Gasteiger partial charge in [0.15, 0.2) is 0 Å². The number of carbonyl (C=O) groups is 1. The van der Waals surface area contributed by atoms with E-state index in [1.807, 2.05) is 0 Å². The monoisotopic (exact) mass is 252 g/mol. The average Bonchev–Trinajstić information content (AvgIpc) is 2.57. The highest BCUT2D eigenvalue weighted by Crippen LogP contribution is 2.17. The predicted molar refractivity (Wildman–Crippen MR) is 67.5 cm³/mol. The second-order valence-electron chi connectivity index (χ2n) is 4.55. The zero-order chi connectivity index (χ0) is 13.0. The number of ether oxygens (including phenoxy) is 1. The van der Waals surface area contributed by atoms with Gasteiger partial charge in [0, 0.05) is 13.1 Å². The molecule has 5 nitrogen and oxygen atoms in total. The number of rotatable bonds is 3. The third-order valence-electron chi connectivity index (χ3n) is 3.19. The maximum absolute atomic E-state index is 11.5. The largest absolute Gasteiger partial charge is 0.465 e. The van der Waals surface area contributed by atoms with E-state index in [1.54, 1.807) is 13.0 Å². The van der Waals surface area contributed by atoms with Crippen LogP contribution in [-0.2, 0) is 11.3 Å². The smallest absolute Gasteiger partial charge is 0.341 e. The number of hydrogen-bond donors (Lipinski definition) is 1. The quantitative estimate of drug-likeness (QED) is 0.818. The van der Waals surface area contributed by atoms with Crippen molar-refractivity contribution in [1.29, 1.82) is 0 Å². The Morgan fingerprint density at radius 3 is 3.11 bits per heavy atom. The van der Waals surface area contributed by atoms with E-state index in [0.717, 1.165) is 44.9 Å². The van der Waals surface area contributed by atoms with E-state index >= 15 is 0 Å². The first kappa shape index (κ1) is 13.1. The molecule has 2 heterocycles. The third-order valence-corrected chi connectivity index (χ3v) is 3.19. The third kappa shape index (κ3) is 3.11. The second kappa shape index (κ2) is 6.02. The highest BCUT2D eigenvalue weighted by molar-refractivity contribution is 5.90. The minimum Gasteiger partial charge on any atom is -0.465 e. The summed E-state index contributed by atoms with van der Waals surface area (Å²) in [6.45, 7) is 6.68. The van der Waals surface area contributed by atoms with E-state index < -0.39 is 0 Å². The highest BCUT2D eigenvalue weighted by atomic mass is 16.5. The molecule has 1 fully saturated rings. The maximum atomic E-state index is 11.5. The zero-order valence-electron chi connectivity index (χ0n) is 11.0. The molecule has 100 valence electrons.